The lowest BCUT2D eigenvalue weighted by Gasteiger charge is -2.14. The summed E-state index contributed by atoms with van der Waals surface area (Å²) in [6.07, 6.45) is 5.91. The lowest BCUT2D eigenvalue weighted by molar-refractivity contribution is 0.0950. The molecule has 0 aliphatic carbocycles. The lowest BCUT2D eigenvalue weighted by atomic mass is 10.1. The summed E-state index contributed by atoms with van der Waals surface area (Å²) >= 11 is 0. The molecule has 134 valence electrons. The first-order chi connectivity index (χ1) is 12.7. The number of amides is 1. The van der Waals surface area contributed by atoms with Crippen LogP contribution >= 0.6 is 0 Å². The van der Waals surface area contributed by atoms with Gasteiger partial charge in [0.2, 0.25) is 0 Å². The summed E-state index contributed by atoms with van der Waals surface area (Å²) in [7, 11) is 1.84. The molecule has 1 aliphatic rings. The maximum absolute atomic E-state index is 12.4. The molecule has 3 heterocycles. The fourth-order valence-electron chi connectivity index (χ4n) is 3.40. The number of carbonyl (C=O) groups excluding carboxylic acids is 1. The molecule has 4 rings (SSSR count). The van der Waals surface area contributed by atoms with Gasteiger partial charge in [0.25, 0.3) is 5.91 Å². The normalized spacial score (nSPS) is 14.8. The van der Waals surface area contributed by atoms with E-state index in [9.17, 15) is 4.79 Å². The van der Waals surface area contributed by atoms with Crippen molar-refractivity contribution in [1.82, 2.24) is 25.0 Å². The topological polar surface area (TPSA) is 63.1 Å². The highest BCUT2D eigenvalue weighted by Gasteiger charge is 2.12. The highest BCUT2D eigenvalue weighted by molar-refractivity contribution is 5.96. The standard InChI is InChI=1S/C20H23N5O/c1-24-19-10-17(12-21-18(19)13-23-24)20(26)22-11-15-4-6-16(7-5-15)14-25-8-2-3-9-25/h4-7,10,12-13H,2-3,8-9,11,14H2,1H3,(H,22,26). The van der Waals surface area contributed by atoms with Crippen molar-refractivity contribution in [2.45, 2.75) is 25.9 Å². The van der Waals surface area contributed by atoms with Crippen LogP contribution in [0.1, 0.15) is 34.3 Å². The van der Waals surface area contributed by atoms with Gasteiger partial charge >= 0.3 is 0 Å². The first kappa shape index (κ1) is 16.7. The van der Waals surface area contributed by atoms with E-state index in [2.05, 4.69) is 44.6 Å². The summed E-state index contributed by atoms with van der Waals surface area (Å²) in [5, 5.41) is 7.12. The molecule has 1 saturated heterocycles. The Hall–Kier alpha value is -2.73. The van der Waals surface area contributed by atoms with Gasteiger partial charge in [-0.15, -0.1) is 0 Å². The van der Waals surface area contributed by atoms with Crippen LogP contribution in [0.25, 0.3) is 11.0 Å². The van der Waals surface area contributed by atoms with Gasteiger partial charge in [-0.05, 0) is 43.1 Å². The van der Waals surface area contributed by atoms with E-state index in [1.165, 1.54) is 31.5 Å². The number of pyridine rings is 1. The van der Waals surface area contributed by atoms with E-state index in [-0.39, 0.29) is 5.91 Å². The number of carbonyl (C=O) groups is 1. The first-order valence-electron chi connectivity index (χ1n) is 9.05. The molecule has 1 fully saturated rings. The van der Waals surface area contributed by atoms with Gasteiger partial charge in [0, 0.05) is 26.3 Å². The number of nitrogens with one attached hydrogen (secondary N) is 1. The van der Waals surface area contributed by atoms with Crippen LogP contribution in [0.3, 0.4) is 0 Å². The van der Waals surface area contributed by atoms with Gasteiger partial charge in [-0.3, -0.25) is 19.4 Å². The molecule has 0 bridgehead atoms. The Kier molecular flexibility index (Phi) is 4.67. The summed E-state index contributed by atoms with van der Waals surface area (Å²) in [5.41, 5.74) is 4.61. The summed E-state index contributed by atoms with van der Waals surface area (Å²) in [6, 6.07) is 10.3. The number of hydrogen-bond donors (Lipinski definition) is 1. The van der Waals surface area contributed by atoms with E-state index in [0.29, 0.717) is 12.1 Å². The van der Waals surface area contributed by atoms with Crippen molar-refractivity contribution in [3.05, 3.63) is 59.4 Å². The molecule has 0 spiro atoms. The van der Waals surface area contributed by atoms with Crippen LogP contribution in [-0.4, -0.2) is 38.7 Å². The largest absolute Gasteiger partial charge is 0.348 e. The Morgan fingerprint density at radius 3 is 2.62 bits per heavy atom. The zero-order chi connectivity index (χ0) is 17.9. The van der Waals surface area contributed by atoms with Gasteiger partial charge in [0.1, 0.15) is 5.52 Å². The van der Waals surface area contributed by atoms with E-state index in [4.69, 9.17) is 0 Å². The summed E-state index contributed by atoms with van der Waals surface area (Å²) in [6.45, 7) is 3.93. The number of likely N-dealkylation sites (tertiary alicyclic amines) is 1. The molecular weight excluding hydrogens is 326 g/mol. The Morgan fingerprint density at radius 2 is 1.85 bits per heavy atom. The summed E-state index contributed by atoms with van der Waals surface area (Å²) in [5.74, 6) is -0.123. The van der Waals surface area contributed by atoms with E-state index in [1.807, 2.05) is 13.1 Å². The van der Waals surface area contributed by atoms with Crippen LogP contribution in [0.2, 0.25) is 0 Å². The zero-order valence-corrected chi connectivity index (χ0v) is 15.0. The van der Waals surface area contributed by atoms with Gasteiger partial charge in [0.15, 0.2) is 0 Å². The number of benzene rings is 1. The molecule has 1 N–H and O–H groups in total. The van der Waals surface area contributed by atoms with Gasteiger partial charge in [-0.2, -0.15) is 5.10 Å². The molecule has 1 aliphatic heterocycles. The number of hydrogen-bond acceptors (Lipinski definition) is 4. The Balaban J connectivity index is 1.36. The molecule has 3 aromatic rings. The van der Waals surface area contributed by atoms with Gasteiger partial charge in [-0.25, -0.2) is 0 Å². The second-order valence-electron chi connectivity index (χ2n) is 6.88. The molecule has 0 saturated carbocycles. The molecule has 0 radical (unpaired) electrons. The smallest absolute Gasteiger partial charge is 0.253 e. The maximum atomic E-state index is 12.4. The molecule has 1 aromatic carbocycles. The van der Waals surface area contributed by atoms with E-state index in [0.717, 1.165) is 23.1 Å². The average molecular weight is 349 g/mol. The van der Waals surface area contributed by atoms with Gasteiger partial charge < -0.3 is 5.32 Å². The third-order valence-electron chi connectivity index (χ3n) is 4.94. The first-order valence-corrected chi connectivity index (χ1v) is 9.05. The quantitative estimate of drug-likeness (QED) is 0.769. The van der Waals surface area contributed by atoms with Crippen LogP contribution in [-0.2, 0) is 20.1 Å². The zero-order valence-electron chi connectivity index (χ0n) is 15.0. The monoisotopic (exact) mass is 349 g/mol. The minimum absolute atomic E-state index is 0.123. The number of rotatable bonds is 5. The van der Waals surface area contributed by atoms with Crippen molar-refractivity contribution < 1.29 is 4.79 Å². The SMILES string of the molecule is Cn1ncc2ncc(C(=O)NCc3ccc(CN4CCCC4)cc3)cc21. The Morgan fingerprint density at radius 1 is 1.12 bits per heavy atom. The number of fused-ring (bicyclic) bond motifs is 1. The van der Waals surface area contributed by atoms with Crippen LogP contribution in [0.15, 0.2) is 42.7 Å². The van der Waals surface area contributed by atoms with Gasteiger partial charge in [-0.1, -0.05) is 24.3 Å². The molecule has 1 amide bonds. The minimum Gasteiger partial charge on any atom is -0.348 e. The highest BCUT2D eigenvalue weighted by atomic mass is 16.1. The van der Waals surface area contributed by atoms with Crippen LogP contribution in [0.4, 0.5) is 0 Å². The fourth-order valence-corrected chi connectivity index (χ4v) is 3.40. The molecular formula is C20H23N5O. The predicted octanol–water partition coefficient (Wildman–Crippen LogP) is 2.49. The Bertz CT molecular complexity index is 910. The summed E-state index contributed by atoms with van der Waals surface area (Å²) in [4.78, 5) is 19.2. The number of aromatic nitrogens is 3. The van der Waals surface area contributed by atoms with E-state index < -0.39 is 0 Å². The highest BCUT2D eigenvalue weighted by Crippen LogP contribution is 2.14. The second-order valence-corrected chi connectivity index (χ2v) is 6.88. The predicted molar refractivity (Wildman–Crippen MR) is 101 cm³/mol. The molecule has 6 heteroatoms. The lowest BCUT2D eigenvalue weighted by Crippen LogP contribution is -2.23. The minimum atomic E-state index is -0.123. The molecule has 2 aromatic heterocycles. The van der Waals surface area contributed by atoms with Crippen molar-refractivity contribution in [2.75, 3.05) is 13.1 Å². The van der Waals surface area contributed by atoms with Crippen molar-refractivity contribution in [2.24, 2.45) is 7.05 Å². The molecule has 26 heavy (non-hydrogen) atoms. The van der Waals surface area contributed by atoms with Crippen LogP contribution < -0.4 is 5.32 Å². The third-order valence-corrected chi connectivity index (χ3v) is 4.94. The molecule has 0 unspecified atom stereocenters. The molecule has 6 nitrogen and oxygen atoms in total. The van der Waals surface area contributed by atoms with Crippen molar-refractivity contribution in [3.63, 3.8) is 0 Å². The number of nitrogens with zero attached hydrogens (tertiary/aromatic N) is 4. The molecule has 0 atom stereocenters. The third kappa shape index (κ3) is 3.60. The maximum Gasteiger partial charge on any atom is 0.253 e. The van der Waals surface area contributed by atoms with Crippen molar-refractivity contribution >= 4 is 16.9 Å². The van der Waals surface area contributed by atoms with Gasteiger partial charge in [0.05, 0.1) is 17.3 Å². The second kappa shape index (κ2) is 7.25. The average Bonchev–Trinajstić information content (AvgIpc) is 3.31. The van der Waals surface area contributed by atoms with Crippen LogP contribution in [0, 0.1) is 0 Å². The number of aryl methyl sites for hydroxylation is 1. The van der Waals surface area contributed by atoms with Crippen molar-refractivity contribution in [1.29, 1.82) is 0 Å². The summed E-state index contributed by atoms with van der Waals surface area (Å²) < 4.78 is 1.72. The van der Waals surface area contributed by atoms with E-state index in [1.54, 1.807) is 17.1 Å². The van der Waals surface area contributed by atoms with E-state index >= 15 is 0 Å². The van der Waals surface area contributed by atoms with Crippen molar-refractivity contribution in [3.8, 4) is 0 Å². The fraction of sp³-hybridized carbons (Fsp3) is 0.350. The van der Waals surface area contributed by atoms with Crippen LogP contribution in [0.5, 0.6) is 0 Å². The Labute approximate surface area is 152 Å².